The minimum absolute atomic E-state index is 0.0121. The van der Waals surface area contributed by atoms with Crippen LogP contribution in [0.25, 0.3) is 0 Å². The van der Waals surface area contributed by atoms with Gasteiger partial charge >= 0.3 is 11.9 Å². The van der Waals surface area contributed by atoms with Crippen molar-refractivity contribution in [3.63, 3.8) is 0 Å². The molecule has 1 aromatic carbocycles. The number of hydrogen-bond donors (Lipinski definition) is 2. The lowest BCUT2D eigenvalue weighted by atomic mass is 10.2. The van der Waals surface area contributed by atoms with Crippen molar-refractivity contribution in [2.45, 2.75) is 6.04 Å². The summed E-state index contributed by atoms with van der Waals surface area (Å²) >= 11 is 0. The smallest absolute Gasteiger partial charge is 0.333 e. The Bertz CT molecular complexity index is 740. The number of nitrogens with one attached hydrogen (secondary N) is 1. The number of rotatable bonds is 2. The average molecular weight is 303 g/mol. The molecular weight excluding hydrogens is 288 g/mol. The first-order chi connectivity index (χ1) is 10.4. The molecule has 3 rings (SSSR count). The van der Waals surface area contributed by atoms with Gasteiger partial charge in [0.1, 0.15) is 0 Å². The number of imide groups is 1. The number of amidine groups is 2. The number of ether oxygens (including phenoxy) is 1. The molecule has 1 saturated heterocycles. The molecule has 1 atom stereocenters. The number of methoxy groups -OCH3 is 1. The zero-order chi connectivity index (χ0) is 16.0. The molecule has 0 aromatic heterocycles. The summed E-state index contributed by atoms with van der Waals surface area (Å²) in [6.07, 6.45) is 0. The van der Waals surface area contributed by atoms with E-state index in [0.29, 0.717) is 23.0 Å². The number of aliphatic imine (C=N–C) groups is 1. The Morgan fingerprint density at radius 1 is 1.27 bits per heavy atom. The van der Waals surface area contributed by atoms with Crippen LogP contribution in [0, 0.1) is 0 Å². The summed E-state index contributed by atoms with van der Waals surface area (Å²) in [7, 11) is 4.45. The van der Waals surface area contributed by atoms with Gasteiger partial charge in [-0.3, -0.25) is 14.6 Å². The Hall–Kier alpha value is -2.90. The molecule has 2 heterocycles. The van der Waals surface area contributed by atoms with Crippen LogP contribution in [-0.2, 0) is 4.79 Å². The number of hydrogen-bond acceptors (Lipinski definition) is 5. The van der Waals surface area contributed by atoms with Gasteiger partial charge in [-0.1, -0.05) is 0 Å². The lowest BCUT2D eigenvalue weighted by Crippen LogP contribution is -2.85. The molecule has 1 unspecified atom stereocenters. The topological polar surface area (TPSA) is 96.4 Å². The van der Waals surface area contributed by atoms with Crippen molar-refractivity contribution in [3.05, 3.63) is 23.8 Å². The Morgan fingerprint density at radius 2 is 2.00 bits per heavy atom. The quantitative estimate of drug-likeness (QED) is 0.697. The van der Waals surface area contributed by atoms with Crippen molar-refractivity contribution in [2.24, 2.45) is 4.99 Å². The van der Waals surface area contributed by atoms with E-state index in [2.05, 4.69) is 9.98 Å². The second-order valence-corrected chi connectivity index (χ2v) is 5.02. The molecule has 114 valence electrons. The van der Waals surface area contributed by atoms with E-state index >= 15 is 0 Å². The summed E-state index contributed by atoms with van der Waals surface area (Å²) in [6, 6.07) is 3.62. The first kappa shape index (κ1) is 14.1. The zero-order valence-corrected chi connectivity index (χ0v) is 12.3. The Balaban J connectivity index is 2.03. The monoisotopic (exact) mass is 303 g/mol. The second-order valence-electron chi connectivity index (χ2n) is 5.02. The fourth-order valence-corrected chi connectivity index (χ4v) is 2.44. The number of benzene rings is 1. The molecule has 0 aliphatic carbocycles. The van der Waals surface area contributed by atoms with Crippen LogP contribution in [0.5, 0.6) is 11.5 Å². The van der Waals surface area contributed by atoms with Gasteiger partial charge in [-0.15, -0.1) is 0 Å². The van der Waals surface area contributed by atoms with Crippen molar-refractivity contribution >= 4 is 23.6 Å². The highest BCUT2D eigenvalue weighted by atomic mass is 16.5. The summed E-state index contributed by atoms with van der Waals surface area (Å²) in [5.41, 5.74) is 0.646. The summed E-state index contributed by atoms with van der Waals surface area (Å²) in [5, 5.41) is 9.63. The third-order valence-corrected chi connectivity index (χ3v) is 3.71. The fourth-order valence-electron chi connectivity index (χ4n) is 2.44. The minimum Gasteiger partial charge on any atom is -0.504 e. The van der Waals surface area contributed by atoms with Crippen LogP contribution >= 0.6 is 0 Å². The number of amides is 3. The van der Waals surface area contributed by atoms with Crippen LogP contribution in [0.15, 0.2) is 23.2 Å². The highest BCUT2D eigenvalue weighted by Gasteiger charge is 2.49. The van der Waals surface area contributed by atoms with Gasteiger partial charge in [-0.2, -0.15) is 0 Å². The zero-order valence-electron chi connectivity index (χ0n) is 12.3. The molecule has 0 spiro atoms. The predicted molar refractivity (Wildman–Crippen MR) is 76.9 cm³/mol. The van der Waals surface area contributed by atoms with Gasteiger partial charge in [0.25, 0.3) is 17.8 Å². The summed E-state index contributed by atoms with van der Waals surface area (Å²) in [6.45, 7) is 0. The maximum absolute atomic E-state index is 12.2. The molecule has 1 fully saturated rings. The molecule has 8 nitrogen and oxygen atoms in total. The minimum atomic E-state index is -0.692. The largest absolute Gasteiger partial charge is 0.504 e. The molecule has 0 saturated carbocycles. The number of urea groups is 1. The van der Waals surface area contributed by atoms with Gasteiger partial charge in [0.15, 0.2) is 11.5 Å². The number of likely N-dealkylation sites (N-methyl/N-ethyl adjacent to an activating group) is 2. The van der Waals surface area contributed by atoms with Crippen LogP contribution in [0.1, 0.15) is 5.56 Å². The summed E-state index contributed by atoms with van der Waals surface area (Å²) < 4.78 is 5.06. The molecular formula is C14H15N4O4+. The van der Waals surface area contributed by atoms with Crippen molar-refractivity contribution in [1.82, 2.24) is 9.80 Å². The number of phenols is 1. The molecule has 8 heteroatoms. The van der Waals surface area contributed by atoms with Crippen molar-refractivity contribution in [3.8, 4) is 11.5 Å². The van der Waals surface area contributed by atoms with Gasteiger partial charge in [0.2, 0.25) is 0 Å². The van der Waals surface area contributed by atoms with Gasteiger partial charge in [0, 0.05) is 14.1 Å². The van der Waals surface area contributed by atoms with Gasteiger partial charge in [0.05, 0.1) is 12.7 Å². The van der Waals surface area contributed by atoms with E-state index in [4.69, 9.17) is 4.74 Å². The molecule has 2 aliphatic rings. The molecule has 1 aromatic rings. The van der Waals surface area contributed by atoms with Crippen LogP contribution in [0.2, 0.25) is 0 Å². The van der Waals surface area contributed by atoms with Gasteiger partial charge in [-0.25, -0.2) is 9.79 Å². The molecule has 0 bridgehead atoms. The maximum Gasteiger partial charge on any atom is 0.333 e. The SMILES string of the molecule is COc1cc(C2=[NH+]C3C(=O)N(C)C(=O)N(C)C3=N2)ccc1O. The summed E-state index contributed by atoms with van der Waals surface area (Å²) in [5.74, 6) is 0.757. The second kappa shape index (κ2) is 4.83. The summed E-state index contributed by atoms with van der Waals surface area (Å²) in [4.78, 5) is 33.8. The third kappa shape index (κ3) is 1.92. The number of aromatic hydroxyl groups is 1. The standard InChI is InChI=1S/C14H14N4O4/c1-17-12-10(13(20)18(2)14(17)21)15-11(16-12)7-4-5-8(19)9(6-7)22-3/h4-6,10,19H,1-3H3/p+1. The maximum atomic E-state index is 12.2. The molecule has 22 heavy (non-hydrogen) atoms. The first-order valence-corrected chi connectivity index (χ1v) is 6.58. The number of carbonyl (C=O) groups is 2. The van der Waals surface area contributed by atoms with E-state index in [1.807, 2.05) is 0 Å². The van der Waals surface area contributed by atoms with Gasteiger partial charge in [-0.05, 0) is 23.2 Å². The number of fused-ring (bicyclic) bond motifs is 1. The van der Waals surface area contributed by atoms with E-state index < -0.39 is 12.1 Å². The lowest BCUT2D eigenvalue weighted by molar-refractivity contribution is -0.466. The first-order valence-electron chi connectivity index (χ1n) is 6.58. The highest BCUT2D eigenvalue weighted by Crippen LogP contribution is 2.26. The number of nitrogens with zero attached hydrogens (tertiary/aromatic N) is 3. The van der Waals surface area contributed by atoms with Crippen LogP contribution in [0.3, 0.4) is 0 Å². The Labute approximate surface area is 126 Å². The highest BCUT2D eigenvalue weighted by molar-refractivity contribution is 6.23. The van der Waals surface area contributed by atoms with E-state index in [-0.39, 0.29) is 11.7 Å². The van der Waals surface area contributed by atoms with E-state index in [1.54, 1.807) is 19.2 Å². The average Bonchev–Trinajstić information content (AvgIpc) is 2.96. The normalized spacial score (nSPS) is 20.8. The molecule has 2 N–H and O–H groups in total. The van der Waals surface area contributed by atoms with Crippen LogP contribution in [-0.4, -0.2) is 65.8 Å². The number of phenolic OH excluding ortho intramolecular Hbond substituents is 1. The van der Waals surface area contributed by atoms with Gasteiger partial charge < -0.3 is 9.84 Å². The van der Waals surface area contributed by atoms with E-state index in [0.717, 1.165) is 4.90 Å². The molecule has 3 amide bonds. The Kier molecular flexibility index (Phi) is 3.09. The fraction of sp³-hybridized carbons (Fsp3) is 0.286. The van der Waals surface area contributed by atoms with Crippen molar-refractivity contribution < 1.29 is 24.4 Å². The predicted octanol–water partition coefficient (Wildman–Crippen LogP) is -1.47. The third-order valence-electron chi connectivity index (χ3n) is 3.71. The molecule has 2 aliphatic heterocycles. The van der Waals surface area contributed by atoms with Crippen LogP contribution in [0.4, 0.5) is 4.79 Å². The lowest BCUT2D eigenvalue weighted by Gasteiger charge is -2.28. The van der Waals surface area contributed by atoms with Crippen molar-refractivity contribution in [1.29, 1.82) is 0 Å². The van der Waals surface area contributed by atoms with Crippen molar-refractivity contribution in [2.75, 3.05) is 21.2 Å². The number of carbonyl (C=O) groups excluding carboxylic acids is 2. The van der Waals surface area contributed by atoms with E-state index in [9.17, 15) is 14.7 Å². The molecule has 0 radical (unpaired) electrons. The Morgan fingerprint density at radius 3 is 2.68 bits per heavy atom. The van der Waals surface area contributed by atoms with Crippen LogP contribution < -0.4 is 9.73 Å². The van der Waals surface area contributed by atoms with E-state index in [1.165, 1.54) is 25.1 Å².